The summed E-state index contributed by atoms with van der Waals surface area (Å²) in [5.74, 6) is 2.56. The van der Waals surface area contributed by atoms with E-state index in [0.717, 1.165) is 52.3 Å². The van der Waals surface area contributed by atoms with E-state index in [9.17, 15) is 5.11 Å². The molecule has 3 aromatic rings. The van der Waals surface area contributed by atoms with Gasteiger partial charge in [-0.2, -0.15) is 0 Å². The summed E-state index contributed by atoms with van der Waals surface area (Å²) in [6.07, 6.45) is 3.24. The third-order valence-corrected chi connectivity index (χ3v) is 7.10. The van der Waals surface area contributed by atoms with Gasteiger partial charge < -0.3 is 26.0 Å². The first-order valence-corrected chi connectivity index (χ1v) is 12.1. The van der Waals surface area contributed by atoms with Gasteiger partial charge in [-0.3, -0.25) is 0 Å². The fourth-order valence-electron chi connectivity index (χ4n) is 4.18. The average Bonchev–Trinajstić information content (AvgIpc) is 3.05. The third kappa shape index (κ3) is 5.36. The predicted molar refractivity (Wildman–Crippen MR) is 134 cm³/mol. The Morgan fingerprint density at radius 2 is 1.91 bits per heavy atom. The first kappa shape index (κ1) is 23.2. The van der Waals surface area contributed by atoms with Crippen LogP contribution in [0, 0.1) is 0 Å². The summed E-state index contributed by atoms with van der Waals surface area (Å²) >= 11 is 1.42. The van der Waals surface area contributed by atoms with Gasteiger partial charge in [0, 0.05) is 18.4 Å². The van der Waals surface area contributed by atoms with Crippen LogP contribution in [0.25, 0.3) is 0 Å². The highest BCUT2D eigenvalue weighted by molar-refractivity contribution is 7.15. The van der Waals surface area contributed by atoms with Gasteiger partial charge in [-0.1, -0.05) is 44.2 Å². The van der Waals surface area contributed by atoms with Crippen molar-refractivity contribution < 1.29 is 14.6 Å². The fraction of sp³-hybridized carbons (Fsp3) is 0.423. The molecule has 0 fully saturated rings. The highest BCUT2D eigenvalue weighted by atomic mass is 32.1. The van der Waals surface area contributed by atoms with Crippen LogP contribution in [0.1, 0.15) is 62.1 Å². The number of nitrogens with zero attached hydrogens (tertiary/aromatic N) is 1. The standard InChI is InChI=1S/C26H33N3O3S/c1-25(2,3)19-15-21-17(14-20(19)30)9-10-26(4,32-21)11-12-31-18-7-5-16(6-8-18)13-22-23(27)29-24(28)33-22/h5-8,14-15,30H,9-13,27H2,1-4H3,(H2,28,29). The number of aromatic nitrogens is 1. The first-order chi connectivity index (χ1) is 15.5. The monoisotopic (exact) mass is 467 g/mol. The number of phenolic OH excluding ortho intramolecular Hbond substituents is 1. The summed E-state index contributed by atoms with van der Waals surface area (Å²) in [5.41, 5.74) is 14.3. The fourth-order valence-corrected chi connectivity index (χ4v) is 4.96. The van der Waals surface area contributed by atoms with Crippen molar-refractivity contribution >= 4 is 22.3 Å². The maximum atomic E-state index is 10.4. The normalized spacial score (nSPS) is 17.9. The number of thiazole rings is 1. The second kappa shape index (κ2) is 8.78. The molecule has 1 aliphatic rings. The molecule has 2 aromatic carbocycles. The van der Waals surface area contributed by atoms with Crippen LogP contribution in [-0.4, -0.2) is 22.3 Å². The number of anilines is 2. The number of benzene rings is 2. The minimum Gasteiger partial charge on any atom is -0.508 e. The quantitative estimate of drug-likeness (QED) is 0.445. The van der Waals surface area contributed by atoms with E-state index < -0.39 is 0 Å². The van der Waals surface area contributed by atoms with Crippen molar-refractivity contribution in [2.24, 2.45) is 0 Å². The number of rotatable bonds is 6. The smallest absolute Gasteiger partial charge is 0.182 e. The number of fused-ring (bicyclic) bond motifs is 1. The molecular formula is C26H33N3O3S. The molecule has 0 spiro atoms. The Labute approximate surface area is 199 Å². The van der Waals surface area contributed by atoms with Crippen molar-refractivity contribution in [1.82, 2.24) is 4.98 Å². The summed E-state index contributed by atoms with van der Waals surface area (Å²) in [6.45, 7) is 8.98. The molecule has 0 amide bonds. The molecule has 0 saturated heterocycles. The van der Waals surface area contributed by atoms with E-state index in [0.29, 0.717) is 29.7 Å². The lowest BCUT2D eigenvalue weighted by atomic mass is 9.83. The molecule has 1 unspecified atom stereocenters. The molecule has 0 bridgehead atoms. The van der Waals surface area contributed by atoms with Gasteiger partial charge in [0.1, 0.15) is 28.7 Å². The van der Waals surface area contributed by atoms with E-state index in [1.807, 2.05) is 36.4 Å². The molecule has 176 valence electrons. The van der Waals surface area contributed by atoms with Crippen LogP contribution in [0.2, 0.25) is 0 Å². The van der Waals surface area contributed by atoms with Crippen molar-refractivity contribution in [2.75, 3.05) is 18.1 Å². The maximum absolute atomic E-state index is 10.4. The van der Waals surface area contributed by atoms with Gasteiger partial charge in [-0.05, 0) is 60.6 Å². The van der Waals surface area contributed by atoms with Crippen molar-refractivity contribution in [3.63, 3.8) is 0 Å². The van der Waals surface area contributed by atoms with E-state index in [2.05, 4.69) is 32.7 Å². The van der Waals surface area contributed by atoms with Gasteiger partial charge in [-0.25, -0.2) is 4.98 Å². The van der Waals surface area contributed by atoms with E-state index in [-0.39, 0.29) is 11.0 Å². The maximum Gasteiger partial charge on any atom is 0.182 e. The molecule has 0 aliphatic carbocycles. The minimum atomic E-state index is -0.303. The molecule has 0 radical (unpaired) electrons. The average molecular weight is 468 g/mol. The van der Waals surface area contributed by atoms with Crippen LogP contribution < -0.4 is 20.9 Å². The Morgan fingerprint density at radius 3 is 2.55 bits per heavy atom. The SMILES string of the molecule is CC1(CCOc2ccc(Cc3sc(N)nc3N)cc2)CCc2cc(O)c(C(C)(C)C)cc2O1. The molecule has 1 aliphatic heterocycles. The van der Waals surface area contributed by atoms with Gasteiger partial charge in [0.25, 0.3) is 0 Å². The van der Waals surface area contributed by atoms with Gasteiger partial charge >= 0.3 is 0 Å². The Balaban J connectivity index is 1.35. The summed E-state index contributed by atoms with van der Waals surface area (Å²) in [6, 6.07) is 11.9. The number of nitrogen functional groups attached to an aromatic ring is 2. The summed E-state index contributed by atoms with van der Waals surface area (Å²) in [4.78, 5) is 5.05. The van der Waals surface area contributed by atoms with Crippen LogP contribution in [0.3, 0.4) is 0 Å². The molecule has 7 heteroatoms. The van der Waals surface area contributed by atoms with E-state index >= 15 is 0 Å². The topological polar surface area (TPSA) is 104 Å². The Kier molecular flexibility index (Phi) is 6.18. The molecular weight excluding hydrogens is 434 g/mol. The number of hydrogen-bond acceptors (Lipinski definition) is 7. The van der Waals surface area contributed by atoms with E-state index in [4.69, 9.17) is 20.9 Å². The van der Waals surface area contributed by atoms with Crippen LogP contribution in [0.5, 0.6) is 17.2 Å². The highest BCUT2D eigenvalue weighted by Crippen LogP contribution is 2.41. The van der Waals surface area contributed by atoms with Crippen LogP contribution in [-0.2, 0) is 18.3 Å². The molecule has 6 nitrogen and oxygen atoms in total. The summed E-state index contributed by atoms with van der Waals surface area (Å²) < 4.78 is 12.4. The van der Waals surface area contributed by atoms with Crippen LogP contribution in [0.15, 0.2) is 36.4 Å². The third-order valence-electron chi connectivity index (χ3n) is 6.20. The van der Waals surface area contributed by atoms with Crippen molar-refractivity contribution in [3.8, 4) is 17.2 Å². The lowest BCUT2D eigenvalue weighted by Gasteiger charge is -2.37. The number of ether oxygens (including phenoxy) is 2. The number of aryl methyl sites for hydroxylation is 1. The van der Waals surface area contributed by atoms with E-state index in [1.165, 1.54) is 11.3 Å². The molecule has 4 rings (SSSR count). The zero-order valence-electron chi connectivity index (χ0n) is 19.8. The number of aromatic hydroxyl groups is 1. The molecule has 33 heavy (non-hydrogen) atoms. The first-order valence-electron chi connectivity index (χ1n) is 11.3. The van der Waals surface area contributed by atoms with Crippen LogP contribution in [0.4, 0.5) is 10.9 Å². The summed E-state index contributed by atoms with van der Waals surface area (Å²) in [5, 5.41) is 10.9. The lowest BCUT2D eigenvalue weighted by Crippen LogP contribution is -2.38. The Bertz CT molecular complexity index is 1130. The Hall–Kier alpha value is -2.93. The zero-order chi connectivity index (χ0) is 23.8. The predicted octanol–water partition coefficient (Wildman–Crippen LogP) is 5.45. The highest BCUT2D eigenvalue weighted by Gasteiger charge is 2.33. The molecule has 5 N–H and O–H groups in total. The van der Waals surface area contributed by atoms with E-state index in [1.54, 1.807) is 0 Å². The largest absolute Gasteiger partial charge is 0.508 e. The molecule has 1 atom stereocenters. The second-order valence-corrected chi connectivity index (χ2v) is 11.2. The van der Waals surface area contributed by atoms with Gasteiger partial charge in [0.05, 0.1) is 11.5 Å². The van der Waals surface area contributed by atoms with Crippen molar-refractivity contribution in [3.05, 3.63) is 58.0 Å². The second-order valence-electron chi connectivity index (χ2n) is 10.1. The number of nitrogens with two attached hydrogens (primary N) is 2. The van der Waals surface area contributed by atoms with Gasteiger partial charge in [0.15, 0.2) is 5.13 Å². The van der Waals surface area contributed by atoms with Gasteiger partial charge in [0.2, 0.25) is 0 Å². The van der Waals surface area contributed by atoms with Crippen molar-refractivity contribution in [1.29, 1.82) is 0 Å². The van der Waals surface area contributed by atoms with Gasteiger partial charge in [-0.15, -0.1) is 0 Å². The number of phenols is 1. The lowest BCUT2D eigenvalue weighted by molar-refractivity contribution is 0.0420. The molecule has 0 saturated carbocycles. The molecule has 1 aromatic heterocycles. The zero-order valence-corrected chi connectivity index (χ0v) is 20.6. The summed E-state index contributed by atoms with van der Waals surface area (Å²) in [7, 11) is 0. The minimum absolute atomic E-state index is 0.149. The van der Waals surface area contributed by atoms with Crippen LogP contribution >= 0.6 is 11.3 Å². The number of hydrogen-bond donors (Lipinski definition) is 3. The Morgan fingerprint density at radius 1 is 1.18 bits per heavy atom. The van der Waals surface area contributed by atoms with Crippen molar-refractivity contribution in [2.45, 2.75) is 64.4 Å². The molecule has 2 heterocycles.